The van der Waals surface area contributed by atoms with E-state index in [0.29, 0.717) is 17.3 Å². The highest BCUT2D eigenvalue weighted by atomic mass is 32.2. The van der Waals surface area contributed by atoms with E-state index in [4.69, 9.17) is 4.52 Å². The molecule has 1 aromatic heterocycles. The van der Waals surface area contributed by atoms with Gasteiger partial charge < -0.3 is 9.84 Å². The molecule has 164 valence electrons. The molecule has 0 saturated carbocycles. The number of sulfonamides is 1. The fourth-order valence-corrected chi connectivity index (χ4v) is 4.98. The molecule has 31 heavy (non-hydrogen) atoms. The van der Waals surface area contributed by atoms with E-state index in [1.54, 1.807) is 31.2 Å². The Balaban J connectivity index is 1.92. The first-order valence-corrected chi connectivity index (χ1v) is 11.5. The lowest BCUT2D eigenvalue weighted by Crippen LogP contribution is -2.38. The number of aryl methyl sites for hydroxylation is 3. The van der Waals surface area contributed by atoms with Gasteiger partial charge in [0.05, 0.1) is 5.69 Å². The zero-order chi connectivity index (χ0) is 22.8. The Morgan fingerprint density at radius 1 is 1.03 bits per heavy atom. The Bertz CT molecular complexity index is 1150. The third kappa shape index (κ3) is 4.96. The van der Waals surface area contributed by atoms with Gasteiger partial charge in [-0.1, -0.05) is 48.8 Å². The average Bonchev–Trinajstić information content (AvgIpc) is 3.06. The monoisotopic (exact) mass is 441 g/mol. The summed E-state index contributed by atoms with van der Waals surface area (Å²) >= 11 is 0. The largest absolute Gasteiger partial charge is 0.360 e. The van der Waals surface area contributed by atoms with Crippen molar-refractivity contribution in [2.24, 2.45) is 0 Å². The molecule has 0 saturated heterocycles. The van der Waals surface area contributed by atoms with Gasteiger partial charge in [0, 0.05) is 5.69 Å². The molecule has 0 fully saturated rings. The zero-order valence-electron chi connectivity index (χ0n) is 18.3. The number of anilines is 2. The number of nitrogens with one attached hydrogen (secondary N) is 1. The molecule has 0 unspecified atom stereocenters. The lowest BCUT2D eigenvalue weighted by molar-refractivity contribution is -0.114. The third-order valence-electron chi connectivity index (χ3n) is 4.99. The molecular formula is C23H27N3O4S. The van der Waals surface area contributed by atoms with Crippen LogP contribution in [-0.2, 0) is 14.8 Å². The minimum Gasteiger partial charge on any atom is -0.360 e. The summed E-state index contributed by atoms with van der Waals surface area (Å²) in [7, 11) is -4.07. The van der Waals surface area contributed by atoms with Crippen molar-refractivity contribution < 1.29 is 17.7 Å². The van der Waals surface area contributed by atoms with Crippen molar-refractivity contribution in [3.63, 3.8) is 0 Å². The second-order valence-electron chi connectivity index (χ2n) is 7.83. The van der Waals surface area contributed by atoms with E-state index >= 15 is 0 Å². The summed E-state index contributed by atoms with van der Waals surface area (Å²) in [5, 5.41) is 6.54. The van der Waals surface area contributed by atoms with Crippen LogP contribution in [0.1, 0.15) is 42.3 Å². The first-order chi connectivity index (χ1) is 14.6. The van der Waals surface area contributed by atoms with Gasteiger partial charge in [-0.15, -0.1) is 0 Å². The number of carbonyl (C=O) groups is 1. The fourth-order valence-electron chi connectivity index (χ4n) is 3.26. The molecule has 1 heterocycles. The van der Waals surface area contributed by atoms with Crippen molar-refractivity contribution in [2.45, 2.75) is 45.4 Å². The highest BCUT2D eigenvalue weighted by Crippen LogP contribution is 2.28. The molecular weight excluding hydrogens is 414 g/mol. The first kappa shape index (κ1) is 22.6. The van der Waals surface area contributed by atoms with E-state index in [2.05, 4.69) is 24.3 Å². The summed E-state index contributed by atoms with van der Waals surface area (Å²) in [5.41, 5.74) is 3.37. The Morgan fingerprint density at radius 3 is 2.16 bits per heavy atom. The first-order valence-electron chi connectivity index (χ1n) is 10.0. The fraction of sp³-hybridized carbons (Fsp3) is 0.304. The number of rotatable bonds is 7. The highest BCUT2D eigenvalue weighted by Gasteiger charge is 2.32. The Kier molecular flexibility index (Phi) is 6.50. The summed E-state index contributed by atoms with van der Waals surface area (Å²) in [5.74, 6) is 0.106. The maximum Gasteiger partial charge on any atom is 0.270 e. The summed E-state index contributed by atoms with van der Waals surface area (Å²) in [4.78, 5) is 12.8. The summed E-state index contributed by atoms with van der Waals surface area (Å²) in [6.07, 6.45) is 0. The zero-order valence-corrected chi connectivity index (χ0v) is 19.2. The van der Waals surface area contributed by atoms with Crippen LogP contribution < -0.4 is 9.62 Å². The molecule has 1 amide bonds. The van der Waals surface area contributed by atoms with E-state index < -0.39 is 15.9 Å². The van der Waals surface area contributed by atoms with Crippen LogP contribution in [0, 0.1) is 20.8 Å². The van der Waals surface area contributed by atoms with Crippen molar-refractivity contribution in [3.05, 3.63) is 71.1 Å². The molecule has 3 aromatic rings. The van der Waals surface area contributed by atoms with Crippen molar-refractivity contribution in [3.8, 4) is 0 Å². The molecule has 2 aromatic carbocycles. The molecule has 7 nitrogen and oxygen atoms in total. The number of nitrogens with zero attached hydrogens (tertiary/aromatic N) is 2. The van der Waals surface area contributed by atoms with Crippen molar-refractivity contribution in [2.75, 3.05) is 16.2 Å². The van der Waals surface area contributed by atoms with Crippen LogP contribution >= 0.6 is 0 Å². The maximum absolute atomic E-state index is 13.5. The van der Waals surface area contributed by atoms with Crippen molar-refractivity contribution in [1.82, 2.24) is 5.16 Å². The second-order valence-corrected chi connectivity index (χ2v) is 9.62. The smallest absolute Gasteiger partial charge is 0.270 e. The normalized spacial score (nSPS) is 11.5. The standard InChI is InChI=1S/C23H27N3O4S/c1-15(2)19-8-10-20(11-9-19)24-22(27)14-26(21-12-6-16(3)7-13-21)31(28,29)23-17(4)25-30-18(23)5/h6-13,15H,14H2,1-5H3,(H,24,27). The summed E-state index contributed by atoms with van der Waals surface area (Å²) in [6, 6.07) is 14.5. The number of hydrogen-bond donors (Lipinski definition) is 1. The number of benzene rings is 2. The lowest BCUT2D eigenvalue weighted by Gasteiger charge is -2.24. The highest BCUT2D eigenvalue weighted by molar-refractivity contribution is 7.93. The maximum atomic E-state index is 13.5. The average molecular weight is 442 g/mol. The van der Waals surface area contributed by atoms with Crippen LogP contribution in [0.3, 0.4) is 0 Å². The molecule has 1 N–H and O–H groups in total. The van der Waals surface area contributed by atoms with Gasteiger partial charge in [0.15, 0.2) is 10.7 Å². The minimum atomic E-state index is -4.07. The van der Waals surface area contributed by atoms with Gasteiger partial charge in [-0.05, 0) is 56.5 Å². The van der Waals surface area contributed by atoms with Gasteiger partial charge >= 0.3 is 0 Å². The summed E-state index contributed by atoms with van der Waals surface area (Å²) < 4.78 is 33.1. The second kappa shape index (κ2) is 8.93. The van der Waals surface area contributed by atoms with E-state index in [1.165, 1.54) is 6.92 Å². The molecule has 0 bridgehead atoms. The van der Waals surface area contributed by atoms with Crippen molar-refractivity contribution >= 4 is 27.3 Å². The Morgan fingerprint density at radius 2 is 1.65 bits per heavy atom. The van der Waals surface area contributed by atoms with Gasteiger partial charge in [-0.2, -0.15) is 0 Å². The lowest BCUT2D eigenvalue weighted by atomic mass is 10.0. The minimum absolute atomic E-state index is 0.0258. The van der Waals surface area contributed by atoms with Crippen LogP contribution in [0.25, 0.3) is 0 Å². The SMILES string of the molecule is Cc1ccc(N(CC(=O)Nc2ccc(C(C)C)cc2)S(=O)(=O)c2c(C)noc2C)cc1. The molecule has 8 heteroatoms. The van der Waals surface area contributed by atoms with Crippen LogP contribution in [0.15, 0.2) is 57.9 Å². The van der Waals surface area contributed by atoms with Crippen LogP contribution in [0.2, 0.25) is 0 Å². The van der Waals surface area contributed by atoms with Crippen LogP contribution in [0.5, 0.6) is 0 Å². The van der Waals surface area contributed by atoms with Gasteiger partial charge in [0.2, 0.25) is 5.91 Å². The van der Waals surface area contributed by atoms with E-state index in [0.717, 1.165) is 15.4 Å². The molecule has 0 aliphatic heterocycles. The molecule has 3 rings (SSSR count). The number of aromatic nitrogens is 1. The van der Waals surface area contributed by atoms with Gasteiger partial charge in [0.25, 0.3) is 10.0 Å². The topological polar surface area (TPSA) is 92.5 Å². The van der Waals surface area contributed by atoms with E-state index in [9.17, 15) is 13.2 Å². The predicted octanol–water partition coefficient (Wildman–Crippen LogP) is 4.56. The van der Waals surface area contributed by atoms with Gasteiger partial charge in [-0.3, -0.25) is 9.10 Å². The predicted molar refractivity (Wildman–Crippen MR) is 121 cm³/mol. The Labute approximate surface area is 183 Å². The Hall–Kier alpha value is -3.13. The number of amides is 1. The number of carbonyl (C=O) groups excluding carboxylic acids is 1. The summed E-state index contributed by atoms with van der Waals surface area (Å²) in [6.45, 7) is 8.80. The molecule has 0 aliphatic rings. The van der Waals surface area contributed by atoms with Crippen molar-refractivity contribution in [1.29, 1.82) is 0 Å². The molecule has 0 spiro atoms. The molecule has 0 aliphatic carbocycles. The molecule has 0 radical (unpaired) electrons. The third-order valence-corrected chi connectivity index (χ3v) is 7.01. The van der Waals surface area contributed by atoms with Crippen LogP contribution in [-0.4, -0.2) is 26.0 Å². The van der Waals surface area contributed by atoms with E-state index in [-0.39, 0.29) is 22.9 Å². The van der Waals surface area contributed by atoms with Gasteiger partial charge in [-0.25, -0.2) is 8.42 Å². The quantitative estimate of drug-likeness (QED) is 0.580. The molecule has 0 atom stereocenters. The van der Waals surface area contributed by atoms with Gasteiger partial charge in [0.1, 0.15) is 12.2 Å². The number of hydrogen-bond acceptors (Lipinski definition) is 5. The van der Waals surface area contributed by atoms with E-state index in [1.807, 2.05) is 31.2 Å². The van der Waals surface area contributed by atoms with Crippen LogP contribution in [0.4, 0.5) is 11.4 Å².